The van der Waals surface area contributed by atoms with Crippen LogP contribution in [0.15, 0.2) is 29.1 Å². The molecule has 2 aromatic rings. The lowest BCUT2D eigenvalue weighted by Gasteiger charge is -2.36. The lowest BCUT2D eigenvalue weighted by atomic mass is 9.94. The van der Waals surface area contributed by atoms with Crippen LogP contribution in [0, 0.1) is 5.82 Å². The van der Waals surface area contributed by atoms with Gasteiger partial charge in [0.1, 0.15) is 11.6 Å². The Balaban J connectivity index is 1.80. The number of ether oxygens (including phenoxy) is 1. The second kappa shape index (κ2) is 6.83. The minimum Gasteiger partial charge on any atom is -0.375 e. The number of amides is 1. The Morgan fingerprint density at radius 3 is 2.70 bits per heavy atom. The summed E-state index contributed by atoms with van der Waals surface area (Å²) in [6.45, 7) is 4.64. The van der Waals surface area contributed by atoms with Gasteiger partial charge in [-0.3, -0.25) is 19.4 Å². The molecule has 0 radical (unpaired) electrons. The maximum atomic E-state index is 13.3. The topological polar surface area (TPSA) is 76.1 Å². The summed E-state index contributed by atoms with van der Waals surface area (Å²) < 4.78 is 20.9. The quantitative estimate of drug-likeness (QED) is 0.824. The normalized spacial score (nSPS) is 24.8. The molecule has 1 aromatic carbocycles. The predicted molar refractivity (Wildman–Crippen MR) is 103 cm³/mol. The van der Waals surface area contributed by atoms with Crippen molar-refractivity contribution in [3.05, 3.63) is 51.6 Å². The molecule has 144 valence electrons. The summed E-state index contributed by atoms with van der Waals surface area (Å²) in [6, 6.07) is 6.12. The fourth-order valence-electron chi connectivity index (χ4n) is 3.84. The van der Waals surface area contributed by atoms with Crippen LogP contribution >= 0.6 is 11.8 Å². The van der Waals surface area contributed by atoms with E-state index in [1.54, 1.807) is 16.8 Å². The summed E-state index contributed by atoms with van der Waals surface area (Å²) in [5, 5.41) is 5.49. The van der Waals surface area contributed by atoms with Crippen molar-refractivity contribution in [1.29, 1.82) is 0 Å². The summed E-state index contributed by atoms with van der Waals surface area (Å²) in [7, 11) is 0. The van der Waals surface area contributed by atoms with Crippen molar-refractivity contribution in [3.8, 4) is 0 Å². The van der Waals surface area contributed by atoms with Crippen molar-refractivity contribution in [1.82, 2.24) is 9.78 Å². The number of H-pyrrole nitrogens is 1. The SMILES string of the molecule is CC1(C)C[C@@H](n2[nH]c(=O)c3c2NC(=O)CS[C@H]3c2ccc(F)cc2)CCO1. The Hall–Kier alpha value is -2.06. The highest BCUT2D eigenvalue weighted by Crippen LogP contribution is 2.42. The molecule has 1 aromatic heterocycles. The number of rotatable bonds is 2. The van der Waals surface area contributed by atoms with E-state index >= 15 is 0 Å². The maximum absolute atomic E-state index is 13.3. The van der Waals surface area contributed by atoms with Gasteiger partial charge in [0.05, 0.1) is 28.2 Å². The first kappa shape index (κ1) is 18.3. The number of fused-ring (bicyclic) bond motifs is 1. The molecule has 2 aliphatic rings. The van der Waals surface area contributed by atoms with Crippen LogP contribution in [0.25, 0.3) is 0 Å². The smallest absolute Gasteiger partial charge is 0.270 e. The van der Waals surface area contributed by atoms with Crippen LogP contribution in [0.5, 0.6) is 0 Å². The van der Waals surface area contributed by atoms with Crippen LogP contribution in [-0.2, 0) is 9.53 Å². The summed E-state index contributed by atoms with van der Waals surface area (Å²) in [5.74, 6) is 0.273. The zero-order chi connectivity index (χ0) is 19.2. The Morgan fingerprint density at radius 1 is 1.26 bits per heavy atom. The number of carbonyl (C=O) groups excluding carboxylic acids is 1. The molecule has 3 heterocycles. The lowest BCUT2D eigenvalue weighted by Crippen LogP contribution is -2.36. The highest BCUT2D eigenvalue weighted by molar-refractivity contribution is 8.00. The van der Waals surface area contributed by atoms with Crippen LogP contribution in [-0.4, -0.2) is 33.6 Å². The van der Waals surface area contributed by atoms with Gasteiger partial charge >= 0.3 is 0 Å². The molecule has 0 spiro atoms. The molecule has 2 aliphatic heterocycles. The van der Waals surface area contributed by atoms with E-state index in [-0.39, 0.29) is 39.9 Å². The molecular formula is C19H22FN3O3S. The Bertz CT molecular complexity index is 919. The number of aromatic amines is 1. The summed E-state index contributed by atoms with van der Waals surface area (Å²) in [6.07, 6.45) is 1.49. The number of nitrogens with zero attached hydrogens (tertiary/aromatic N) is 1. The second-order valence-corrected chi connectivity index (χ2v) is 8.71. The van der Waals surface area contributed by atoms with E-state index in [1.807, 2.05) is 13.8 Å². The highest BCUT2D eigenvalue weighted by Gasteiger charge is 2.35. The average Bonchev–Trinajstić information content (AvgIpc) is 2.81. The first-order chi connectivity index (χ1) is 12.8. The third-order valence-corrected chi connectivity index (χ3v) is 6.34. The Labute approximate surface area is 160 Å². The molecule has 1 saturated heterocycles. The third-order valence-electron chi connectivity index (χ3n) is 5.07. The molecule has 6 nitrogen and oxygen atoms in total. The van der Waals surface area contributed by atoms with Crippen LogP contribution in [0.1, 0.15) is 49.1 Å². The molecule has 1 amide bonds. The lowest BCUT2D eigenvalue weighted by molar-refractivity contribution is -0.113. The number of hydrogen-bond acceptors (Lipinski definition) is 4. The molecule has 2 N–H and O–H groups in total. The second-order valence-electron chi connectivity index (χ2n) is 7.62. The van der Waals surface area contributed by atoms with E-state index in [0.29, 0.717) is 18.0 Å². The van der Waals surface area contributed by atoms with Crippen LogP contribution in [0.4, 0.5) is 10.2 Å². The van der Waals surface area contributed by atoms with Crippen molar-refractivity contribution in [2.75, 3.05) is 17.7 Å². The Morgan fingerprint density at radius 2 is 2.00 bits per heavy atom. The number of benzene rings is 1. The predicted octanol–water partition coefficient (Wildman–Crippen LogP) is 3.22. The molecule has 27 heavy (non-hydrogen) atoms. The number of nitrogens with one attached hydrogen (secondary N) is 2. The molecule has 0 aliphatic carbocycles. The molecule has 0 unspecified atom stereocenters. The zero-order valence-corrected chi connectivity index (χ0v) is 16.1. The van der Waals surface area contributed by atoms with Crippen LogP contribution < -0.4 is 10.9 Å². The van der Waals surface area contributed by atoms with Gasteiger partial charge in [-0.05, 0) is 44.4 Å². The van der Waals surface area contributed by atoms with E-state index in [4.69, 9.17) is 4.74 Å². The zero-order valence-electron chi connectivity index (χ0n) is 15.3. The Kier molecular flexibility index (Phi) is 4.63. The molecule has 8 heteroatoms. The van der Waals surface area contributed by atoms with E-state index in [9.17, 15) is 14.0 Å². The molecule has 1 fully saturated rings. The summed E-state index contributed by atoms with van der Waals surface area (Å²) in [4.78, 5) is 25.2. The van der Waals surface area contributed by atoms with Crippen molar-refractivity contribution < 1.29 is 13.9 Å². The van der Waals surface area contributed by atoms with E-state index in [2.05, 4.69) is 10.4 Å². The van der Waals surface area contributed by atoms with Gasteiger partial charge in [0.25, 0.3) is 5.56 Å². The van der Waals surface area contributed by atoms with Crippen LogP contribution in [0.2, 0.25) is 0 Å². The third kappa shape index (κ3) is 3.55. The first-order valence-electron chi connectivity index (χ1n) is 8.99. The monoisotopic (exact) mass is 391 g/mol. The fraction of sp³-hybridized carbons (Fsp3) is 0.474. The van der Waals surface area contributed by atoms with Gasteiger partial charge in [0.15, 0.2) is 0 Å². The number of hydrogen-bond donors (Lipinski definition) is 2. The fourth-order valence-corrected chi connectivity index (χ4v) is 4.96. The highest BCUT2D eigenvalue weighted by atomic mass is 32.2. The number of halogens is 1. The van der Waals surface area contributed by atoms with E-state index in [1.165, 1.54) is 23.9 Å². The van der Waals surface area contributed by atoms with Crippen molar-refractivity contribution in [2.24, 2.45) is 0 Å². The maximum Gasteiger partial charge on any atom is 0.270 e. The number of carbonyl (C=O) groups is 1. The van der Waals surface area contributed by atoms with Gasteiger partial charge in [-0.25, -0.2) is 4.39 Å². The van der Waals surface area contributed by atoms with Crippen molar-refractivity contribution in [3.63, 3.8) is 0 Å². The number of aromatic nitrogens is 2. The molecular weight excluding hydrogens is 369 g/mol. The largest absolute Gasteiger partial charge is 0.375 e. The van der Waals surface area contributed by atoms with Gasteiger partial charge in [-0.2, -0.15) is 0 Å². The minimum atomic E-state index is -0.336. The molecule has 4 rings (SSSR count). The van der Waals surface area contributed by atoms with Gasteiger partial charge in [-0.15, -0.1) is 11.8 Å². The van der Waals surface area contributed by atoms with Gasteiger partial charge < -0.3 is 10.1 Å². The molecule has 0 saturated carbocycles. The molecule has 2 atom stereocenters. The standard InChI is InChI=1S/C19H22FN3O3S/c1-19(2)9-13(7-8-26-19)23-17-15(18(25)22-23)16(27-10-14(24)21-17)11-3-5-12(20)6-4-11/h3-6,13,16H,7-10H2,1-2H3,(H,21,24)(H,22,25)/t13-,16-/m0/s1. The van der Waals surface area contributed by atoms with Gasteiger partial charge in [0, 0.05) is 6.61 Å². The first-order valence-corrected chi connectivity index (χ1v) is 10.0. The van der Waals surface area contributed by atoms with Crippen LogP contribution in [0.3, 0.4) is 0 Å². The van der Waals surface area contributed by atoms with Gasteiger partial charge in [0.2, 0.25) is 5.91 Å². The minimum absolute atomic E-state index is 0.0301. The van der Waals surface area contributed by atoms with E-state index in [0.717, 1.165) is 18.4 Å². The van der Waals surface area contributed by atoms with Crippen molar-refractivity contribution in [2.45, 2.75) is 43.6 Å². The van der Waals surface area contributed by atoms with Crippen molar-refractivity contribution >= 4 is 23.5 Å². The average molecular weight is 391 g/mol. The summed E-state index contributed by atoms with van der Waals surface area (Å²) in [5.41, 5.74) is 0.798. The number of anilines is 1. The summed E-state index contributed by atoms with van der Waals surface area (Å²) >= 11 is 1.38. The number of thioether (sulfide) groups is 1. The molecule has 0 bridgehead atoms. The van der Waals surface area contributed by atoms with Gasteiger partial charge in [-0.1, -0.05) is 12.1 Å². The van der Waals surface area contributed by atoms with E-state index < -0.39 is 0 Å².